The Kier molecular flexibility index (Phi) is 4.91. The van der Waals surface area contributed by atoms with E-state index in [1.54, 1.807) is 12.1 Å². The maximum absolute atomic E-state index is 12.4. The largest absolute Gasteiger partial charge is 0.388 e. The number of aryl methyl sites for hydroxylation is 2. The molecule has 0 aromatic heterocycles. The molecule has 0 saturated heterocycles. The first-order chi connectivity index (χ1) is 9.92. The average molecular weight is 368 g/mol. The van der Waals surface area contributed by atoms with Crippen molar-refractivity contribution in [3.05, 3.63) is 56.5 Å². The smallest absolute Gasteiger partial charge is 0.255 e. The van der Waals surface area contributed by atoms with E-state index in [0.717, 1.165) is 21.3 Å². The zero-order chi connectivity index (χ0) is 15.6. The van der Waals surface area contributed by atoms with Crippen molar-refractivity contribution < 1.29 is 4.79 Å². The van der Waals surface area contributed by atoms with Gasteiger partial charge < -0.3 is 10.6 Å². The fourth-order valence-corrected chi connectivity index (χ4v) is 2.73. The number of carbonyl (C=O) groups excluding carboxylic acids is 1. The van der Waals surface area contributed by atoms with Gasteiger partial charge in [0, 0.05) is 27.8 Å². The van der Waals surface area contributed by atoms with Gasteiger partial charge in [-0.25, -0.2) is 0 Å². The van der Waals surface area contributed by atoms with Gasteiger partial charge in [0.1, 0.15) is 0 Å². The number of carbonyl (C=O) groups is 1. The normalized spacial score (nSPS) is 10.3. The van der Waals surface area contributed by atoms with Gasteiger partial charge >= 0.3 is 0 Å². The first-order valence-corrected chi connectivity index (χ1v) is 7.65. The Morgan fingerprint density at radius 2 is 1.86 bits per heavy atom. The lowest BCUT2D eigenvalue weighted by atomic mass is 10.1. The van der Waals surface area contributed by atoms with E-state index in [1.807, 2.05) is 39.1 Å². The Labute approximate surface area is 137 Å². The van der Waals surface area contributed by atoms with E-state index >= 15 is 0 Å². The summed E-state index contributed by atoms with van der Waals surface area (Å²) in [4.78, 5) is 12.4. The minimum Gasteiger partial charge on any atom is -0.388 e. The molecule has 0 radical (unpaired) electrons. The summed E-state index contributed by atoms with van der Waals surface area (Å²) in [5, 5.41) is 6.55. The Balaban J connectivity index is 2.28. The summed E-state index contributed by atoms with van der Waals surface area (Å²) in [6.07, 6.45) is 0. The van der Waals surface area contributed by atoms with Crippen LogP contribution in [0, 0.1) is 13.8 Å². The van der Waals surface area contributed by atoms with Crippen LogP contribution in [0.2, 0.25) is 5.02 Å². The number of halogens is 2. The molecule has 2 aromatic rings. The third-order valence-electron chi connectivity index (χ3n) is 3.26. The molecule has 0 bridgehead atoms. The SMILES string of the molecule is CNc1ccc(C(=O)Nc2cc(Cl)c(C)cc2Br)c(C)c1. The fraction of sp³-hybridized carbons (Fsp3) is 0.188. The van der Waals surface area contributed by atoms with Crippen LogP contribution in [0.5, 0.6) is 0 Å². The van der Waals surface area contributed by atoms with Crippen LogP contribution >= 0.6 is 27.5 Å². The molecule has 0 atom stereocenters. The first-order valence-electron chi connectivity index (χ1n) is 6.47. The standard InChI is InChI=1S/C16H16BrClN2O/c1-9-6-11(19-3)4-5-12(9)16(21)20-15-8-14(18)10(2)7-13(15)17/h4-8,19H,1-3H3,(H,20,21). The van der Waals surface area contributed by atoms with Gasteiger partial charge in [0.05, 0.1) is 5.69 Å². The molecule has 0 aliphatic carbocycles. The molecule has 0 spiro atoms. The highest BCUT2D eigenvalue weighted by Crippen LogP contribution is 2.29. The number of hydrogen-bond acceptors (Lipinski definition) is 2. The van der Waals surface area contributed by atoms with Crippen LogP contribution in [0.1, 0.15) is 21.5 Å². The molecular weight excluding hydrogens is 352 g/mol. The lowest BCUT2D eigenvalue weighted by Crippen LogP contribution is -2.14. The van der Waals surface area contributed by atoms with Crippen LogP contribution in [-0.4, -0.2) is 13.0 Å². The molecule has 3 nitrogen and oxygen atoms in total. The van der Waals surface area contributed by atoms with Gasteiger partial charge in [-0.15, -0.1) is 0 Å². The lowest BCUT2D eigenvalue weighted by Gasteiger charge is -2.12. The second-order valence-corrected chi connectivity index (χ2v) is 6.08. The average Bonchev–Trinajstić information content (AvgIpc) is 2.44. The van der Waals surface area contributed by atoms with E-state index in [-0.39, 0.29) is 5.91 Å². The summed E-state index contributed by atoms with van der Waals surface area (Å²) in [7, 11) is 1.85. The quantitative estimate of drug-likeness (QED) is 0.800. The zero-order valence-electron chi connectivity index (χ0n) is 12.1. The van der Waals surface area contributed by atoms with Crippen LogP contribution in [0.4, 0.5) is 11.4 Å². The van der Waals surface area contributed by atoms with Crippen LogP contribution in [0.25, 0.3) is 0 Å². The van der Waals surface area contributed by atoms with Gasteiger partial charge in [0.25, 0.3) is 5.91 Å². The number of hydrogen-bond donors (Lipinski definition) is 2. The van der Waals surface area contributed by atoms with Crippen LogP contribution in [0.15, 0.2) is 34.8 Å². The van der Waals surface area contributed by atoms with Crippen molar-refractivity contribution in [1.29, 1.82) is 0 Å². The summed E-state index contributed by atoms with van der Waals surface area (Å²) in [5.74, 6) is -0.157. The van der Waals surface area contributed by atoms with Gasteiger partial charge in [-0.1, -0.05) is 11.6 Å². The molecule has 1 amide bonds. The van der Waals surface area contributed by atoms with Crippen LogP contribution in [0.3, 0.4) is 0 Å². The molecule has 0 unspecified atom stereocenters. The second-order valence-electron chi connectivity index (χ2n) is 4.82. The third-order valence-corrected chi connectivity index (χ3v) is 4.32. The summed E-state index contributed by atoms with van der Waals surface area (Å²) in [6.45, 7) is 3.83. The van der Waals surface area contributed by atoms with Gasteiger partial charge in [0.15, 0.2) is 0 Å². The van der Waals surface area contributed by atoms with Crippen molar-refractivity contribution in [3.63, 3.8) is 0 Å². The molecule has 21 heavy (non-hydrogen) atoms. The molecule has 0 saturated carbocycles. The predicted octanol–water partition coefficient (Wildman–Crippen LogP) is 5.01. The van der Waals surface area contributed by atoms with Gasteiger partial charge in [-0.2, -0.15) is 0 Å². The molecule has 0 fully saturated rings. The van der Waals surface area contributed by atoms with Gasteiger partial charge in [-0.05, 0) is 71.2 Å². The van der Waals surface area contributed by atoms with Crippen molar-refractivity contribution in [1.82, 2.24) is 0 Å². The molecule has 0 aliphatic rings. The molecular formula is C16H16BrClN2O. The first kappa shape index (κ1) is 15.9. The molecule has 5 heteroatoms. The molecule has 2 rings (SSSR count). The molecule has 2 aromatic carbocycles. The van der Waals surface area contributed by atoms with E-state index in [4.69, 9.17) is 11.6 Å². The molecule has 0 heterocycles. The Morgan fingerprint density at radius 1 is 1.14 bits per heavy atom. The third kappa shape index (κ3) is 3.57. The Hall–Kier alpha value is -1.52. The predicted molar refractivity (Wildman–Crippen MR) is 92.6 cm³/mol. The zero-order valence-corrected chi connectivity index (χ0v) is 14.4. The summed E-state index contributed by atoms with van der Waals surface area (Å²) < 4.78 is 0.808. The number of benzene rings is 2. The number of rotatable bonds is 3. The van der Waals surface area contributed by atoms with Crippen molar-refractivity contribution in [2.75, 3.05) is 17.7 Å². The van der Waals surface area contributed by atoms with Crippen LogP contribution < -0.4 is 10.6 Å². The van der Waals surface area contributed by atoms with Crippen LogP contribution in [-0.2, 0) is 0 Å². The number of nitrogens with one attached hydrogen (secondary N) is 2. The van der Waals surface area contributed by atoms with E-state index < -0.39 is 0 Å². The van der Waals surface area contributed by atoms with E-state index in [9.17, 15) is 4.79 Å². The van der Waals surface area contributed by atoms with Crippen molar-refractivity contribution in [2.24, 2.45) is 0 Å². The summed E-state index contributed by atoms with van der Waals surface area (Å²) in [5.41, 5.74) is 4.14. The van der Waals surface area contributed by atoms with Gasteiger partial charge in [-0.3, -0.25) is 4.79 Å². The molecule has 0 aliphatic heterocycles. The highest BCUT2D eigenvalue weighted by Gasteiger charge is 2.12. The van der Waals surface area contributed by atoms with E-state index in [0.29, 0.717) is 16.3 Å². The van der Waals surface area contributed by atoms with Crippen molar-refractivity contribution in [2.45, 2.75) is 13.8 Å². The highest BCUT2D eigenvalue weighted by molar-refractivity contribution is 9.10. The van der Waals surface area contributed by atoms with Crippen molar-refractivity contribution >= 4 is 44.8 Å². The molecule has 2 N–H and O–H groups in total. The molecule has 110 valence electrons. The lowest BCUT2D eigenvalue weighted by molar-refractivity contribution is 0.102. The Morgan fingerprint density at radius 3 is 2.48 bits per heavy atom. The van der Waals surface area contributed by atoms with E-state index in [2.05, 4.69) is 26.6 Å². The summed E-state index contributed by atoms with van der Waals surface area (Å²) in [6, 6.07) is 9.25. The van der Waals surface area contributed by atoms with Crippen molar-refractivity contribution in [3.8, 4) is 0 Å². The summed E-state index contributed by atoms with van der Waals surface area (Å²) >= 11 is 9.55. The Bertz CT molecular complexity index is 701. The maximum Gasteiger partial charge on any atom is 0.255 e. The number of amides is 1. The van der Waals surface area contributed by atoms with E-state index in [1.165, 1.54) is 0 Å². The minimum atomic E-state index is -0.157. The minimum absolute atomic E-state index is 0.157. The second kappa shape index (κ2) is 6.50. The van der Waals surface area contributed by atoms with Gasteiger partial charge in [0.2, 0.25) is 0 Å². The monoisotopic (exact) mass is 366 g/mol. The highest BCUT2D eigenvalue weighted by atomic mass is 79.9. The number of anilines is 2. The maximum atomic E-state index is 12.4. The topological polar surface area (TPSA) is 41.1 Å². The fourth-order valence-electron chi connectivity index (χ4n) is 2.01.